The van der Waals surface area contributed by atoms with Crippen LogP contribution in [0.5, 0.6) is 0 Å². The largest absolute Gasteiger partial charge is 0.377 e. The summed E-state index contributed by atoms with van der Waals surface area (Å²) >= 11 is 0. The first-order valence-electron chi connectivity index (χ1n) is 9.86. The van der Waals surface area contributed by atoms with E-state index in [1.807, 2.05) is 54.4 Å². The number of nitrogens with one attached hydrogen (secondary N) is 1. The molecule has 1 saturated heterocycles. The van der Waals surface area contributed by atoms with E-state index in [0.29, 0.717) is 17.6 Å². The third-order valence-electron chi connectivity index (χ3n) is 6.82. The van der Waals surface area contributed by atoms with Crippen LogP contribution in [0.1, 0.15) is 36.0 Å². The molecule has 5 rings (SSSR count). The van der Waals surface area contributed by atoms with E-state index in [0.717, 1.165) is 24.5 Å². The van der Waals surface area contributed by atoms with Gasteiger partial charge in [0.25, 0.3) is 5.91 Å². The minimum Gasteiger partial charge on any atom is -0.377 e. The molecule has 5 nitrogen and oxygen atoms in total. The van der Waals surface area contributed by atoms with Gasteiger partial charge in [0.1, 0.15) is 5.82 Å². The van der Waals surface area contributed by atoms with E-state index in [-0.39, 0.29) is 17.4 Å². The van der Waals surface area contributed by atoms with Gasteiger partial charge in [0.05, 0.1) is 11.7 Å². The lowest BCUT2D eigenvalue weighted by Gasteiger charge is -2.63. The van der Waals surface area contributed by atoms with Crippen LogP contribution in [-0.2, 0) is 4.74 Å². The van der Waals surface area contributed by atoms with Crippen molar-refractivity contribution in [1.82, 2.24) is 10.3 Å². The van der Waals surface area contributed by atoms with Crippen molar-refractivity contribution >= 4 is 17.4 Å². The number of rotatable bonds is 4. The number of carbonyl (C=O) groups is 1. The Labute approximate surface area is 159 Å². The minimum atomic E-state index is -0.0157. The maximum absolute atomic E-state index is 12.8. The summed E-state index contributed by atoms with van der Waals surface area (Å²) in [4.78, 5) is 19.3. The Morgan fingerprint density at radius 3 is 2.70 bits per heavy atom. The van der Waals surface area contributed by atoms with Gasteiger partial charge in [-0.1, -0.05) is 24.6 Å². The number of anilines is 2. The SMILES string of the molecule is CN(c1ccccc1)c1ccc(C(=O)NC2C3CCOC3C23CCC3)cn1. The third-order valence-corrected chi connectivity index (χ3v) is 6.82. The summed E-state index contributed by atoms with van der Waals surface area (Å²) in [5.41, 5.74) is 1.89. The molecule has 3 atom stereocenters. The monoisotopic (exact) mass is 363 g/mol. The number of amides is 1. The van der Waals surface area contributed by atoms with E-state index in [1.54, 1.807) is 6.20 Å². The number of ether oxygens (including phenoxy) is 1. The molecule has 1 amide bonds. The quantitative estimate of drug-likeness (QED) is 0.903. The van der Waals surface area contributed by atoms with E-state index in [1.165, 1.54) is 19.3 Å². The van der Waals surface area contributed by atoms with Gasteiger partial charge in [-0.2, -0.15) is 0 Å². The summed E-state index contributed by atoms with van der Waals surface area (Å²) in [7, 11) is 1.98. The Morgan fingerprint density at radius 1 is 1.22 bits per heavy atom. The lowest BCUT2D eigenvalue weighted by molar-refractivity contribution is -0.172. The molecule has 3 aliphatic rings. The van der Waals surface area contributed by atoms with Gasteiger partial charge in [-0.3, -0.25) is 4.79 Å². The number of carbonyl (C=O) groups excluding carboxylic acids is 1. The van der Waals surface area contributed by atoms with E-state index in [2.05, 4.69) is 10.3 Å². The standard InChI is InChI=1S/C22H25N3O2/c1-25(16-6-3-2-4-7-16)18-9-8-15(14-23-18)21(26)24-19-17-10-13-27-20(17)22(19)11-5-12-22/h2-4,6-9,14,17,19-20H,5,10-13H2,1H3,(H,24,26). The van der Waals surface area contributed by atoms with E-state index in [4.69, 9.17) is 4.74 Å². The Bertz CT molecular complexity index is 832. The average molecular weight is 363 g/mol. The highest BCUT2D eigenvalue weighted by molar-refractivity contribution is 5.94. The highest BCUT2D eigenvalue weighted by atomic mass is 16.5. The molecular weight excluding hydrogens is 338 g/mol. The van der Waals surface area contributed by atoms with Gasteiger partial charge in [0.15, 0.2) is 0 Å². The normalized spacial score (nSPS) is 27.4. The summed E-state index contributed by atoms with van der Waals surface area (Å²) in [5.74, 6) is 1.30. The van der Waals surface area contributed by atoms with Crippen molar-refractivity contribution in [3.05, 3.63) is 54.2 Å². The van der Waals surface area contributed by atoms with Gasteiger partial charge >= 0.3 is 0 Å². The predicted octanol–water partition coefficient (Wildman–Crippen LogP) is 3.54. The van der Waals surface area contributed by atoms with E-state index >= 15 is 0 Å². The highest BCUT2D eigenvalue weighted by Gasteiger charge is 2.66. The van der Waals surface area contributed by atoms with Crippen LogP contribution < -0.4 is 10.2 Å². The maximum atomic E-state index is 12.8. The van der Waals surface area contributed by atoms with Crippen molar-refractivity contribution in [2.45, 2.75) is 37.8 Å². The van der Waals surface area contributed by atoms with Crippen LogP contribution in [0.15, 0.2) is 48.7 Å². The van der Waals surface area contributed by atoms with Gasteiger partial charge in [-0.05, 0) is 43.5 Å². The minimum absolute atomic E-state index is 0.0157. The smallest absolute Gasteiger partial charge is 0.253 e. The zero-order valence-corrected chi connectivity index (χ0v) is 15.6. The molecule has 1 aromatic heterocycles. The number of nitrogens with zero attached hydrogens (tertiary/aromatic N) is 2. The molecule has 0 bridgehead atoms. The fraction of sp³-hybridized carbons (Fsp3) is 0.455. The van der Waals surface area contributed by atoms with Gasteiger partial charge in [-0.15, -0.1) is 0 Å². The third kappa shape index (κ3) is 2.56. The Balaban J connectivity index is 1.28. The molecule has 2 saturated carbocycles. The Kier molecular flexibility index (Phi) is 3.93. The van der Waals surface area contributed by atoms with Crippen LogP contribution in [0.4, 0.5) is 11.5 Å². The van der Waals surface area contributed by atoms with E-state index in [9.17, 15) is 4.79 Å². The van der Waals surface area contributed by atoms with Crippen LogP contribution in [0.2, 0.25) is 0 Å². The number of para-hydroxylation sites is 1. The van der Waals surface area contributed by atoms with Crippen molar-refractivity contribution in [2.24, 2.45) is 11.3 Å². The summed E-state index contributed by atoms with van der Waals surface area (Å²) in [5, 5.41) is 3.30. The van der Waals surface area contributed by atoms with Crippen LogP contribution in [0, 0.1) is 11.3 Å². The number of hydrogen-bond donors (Lipinski definition) is 1. The van der Waals surface area contributed by atoms with Crippen molar-refractivity contribution < 1.29 is 9.53 Å². The molecule has 2 aromatic rings. The fourth-order valence-corrected chi connectivity index (χ4v) is 5.18. The molecule has 1 spiro atoms. The van der Waals surface area contributed by atoms with Crippen LogP contribution in [-0.4, -0.2) is 36.7 Å². The van der Waals surface area contributed by atoms with Gasteiger partial charge in [0.2, 0.25) is 0 Å². The highest BCUT2D eigenvalue weighted by Crippen LogP contribution is 2.62. The predicted molar refractivity (Wildman–Crippen MR) is 104 cm³/mol. The first-order chi connectivity index (χ1) is 13.2. The van der Waals surface area contributed by atoms with Crippen molar-refractivity contribution in [3.8, 4) is 0 Å². The van der Waals surface area contributed by atoms with Gasteiger partial charge in [0, 0.05) is 42.9 Å². The molecule has 0 radical (unpaired) electrons. The summed E-state index contributed by atoms with van der Waals surface area (Å²) in [6.45, 7) is 0.839. The topological polar surface area (TPSA) is 54.5 Å². The van der Waals surface area contributed by atoms with Crippen LogP contribution >= 0.6 is 0 Å². The van der Waals surface area contributed by atoms with Crippen LogP contribution in [0.3, 0.4) is 0 Å². The molecule has 1 aromatic carbocycles. The zero-order valence-electron chi connectivity index (χ0n) is 15.6. The van der Waals surface area contributed by atoms with Crippen LogP contribution in [0.25, 0.3) is 0 Å². The molecular formula is C22H25N3O2. The fourth-order valence-electron chi connectivity index (χ4n) is 5.18. The van der Waals surface area contributed by atoms with Crippen molar-refractivity contribution in [3.63, 3.8) is 0 Å². The molecule has 3 unspecified atom stereocenters. The molecule has 1 aliphatic heterocycles. The molecule has 140 valence electrons. The summed E-state index contributed by atoms with van der Waals surface area (Å²) < 4.78 is 5.94. The second-order valence-corrected chi connectivity index (χ2v) is 8.08. The van der Waals surface area contributed by atoms with Crippen molar-refractivity contribution in [2.75, 3.05) is 18.6 Å². The second kappa shape index (κ2) is 6.34. The van der Waals surface area contributed by atoms with Crippen molar-refractivity contribution in [1.29, 1.82) is 0 Å². The Morgan fingerprint density at radius 2 is 2.04 bits per heavy atom. The first-order valence-corrected chi connectivity index (χ1v) is 9.86. The molecule has 1 N–H and O–H groups in total. The molecule has 5 heteroatoms. The second-order valence-electron chi connectivity index (χ2n) is 8.08. The number of hydrogen-bond acceptors (Lipinski definition) is 4. The summed E-state index contributed by atoms with van der Waals surface area (Å²) in [6, 6.07) is 14.1. The van der Waals surface area contributed by atoms with E-state index < -0.39 is 0 Å². The maximum Gasteiger partial charge on any atom is 0.253 e. The molecule has 2 heterocycles. The number of benzene rings is 1. The molecule has 27 heavy (non-hydrogen) atoms. The Hall–Kier alpha value is -2.40. The first kappa shape index (κ1) is 16.8. The lowest BCUT2D eigenvalue weighted by atomic mass is 9.46. The van der Waals surface area contributed by atoms with Gasteiger partial charge < -0.3 is 15.0 Å². The number of aromatic nitrogens is 1. The molecule has 3 fully saturated rings. The van der Waals surface area contributed by atoms with Gasteiger partial charge in [-0.25, -0.2) is 4.98 Å². The molecule has 2 aliphatic carbocycles. The summed E-state index contributed by atoms with van der Waals surface area (Å²) in [6.07, 6.45) is 6.73. The number of fused-ring (bicyclic) bond motifs is 2. The average Bonchev–Trinajstić information content (AvgIpc) is 3.10. The number of pyridine rings is 1. The zero-order chi connectivity index (χ0) is 18.4. The lowest BCUT2D eigenvalue weighted by Crippen LogP contribution is -2.71.